The predicted molar refractivity (Wildman–Crippen MR) is 99.8 cm³/mol. The molecule has 2 rings (SSSR count). The summed E-state index contributed by atoms with van der Waals surface area (Å²) in [5.41, 5.74) is 1.25. The number of anilines is 1. The van der Waals surface area contributed by atoms with Gasteiger partial charge in [-0.05, 0) is 49.4 Å². The third kappa shape index (κ3) is 5.16. The van der Waals surface area contributed by atoms with Crippen LogP contribution in [0.2, 0.25) is 5.02 Å². The Hall–Kier alpha value is -2.66. The molecule has 0 unspecified atom stereocenters. The number of ether oxygens (including phenoxy) is 3. The molecule has 0 spiro atoms. The van der Waals surface area contributed by atoms with Crippen molar-refractivity contribution in [1.29, 1.82) is 0 Å². The molecule has 25 heavy (non-hydrogen) atoms. The Labute approximate surface area is 152 Å². The molecule has 1 N–H and O–H groups in total. The fourth-order valence-electron chi connectivity index (χ4n) is 2.19. The molecule has 0 heterocycles. The average Bonchev–Trinajstić information content (AvgIpc) is 2.62. The quantitative estimate of drug-likeness (QED) is 0.742. The minimum atomic E-state index is -0.312. The lowest BCUT2D eigenvalue weighted by molar-refractivity contribution is -0.111. The van der Waals surface area contributed by atoms with Crippen LogP contribution >= 0.6 is 11.6 Å². The highest BCUT2D eigenvalue weighted by molar-refractivity contribution is 6.31. The van der Waals surface area contributed by atoms with Gasteiger partial charge in [-0.2, -0.15) is 0 Å². The second-order valence-corrected chi connectivity index (χ2v) is 5.44. The molecule has 0 bridgehead atoms. The van der Waals surface area contributed by atoms with Crippen molar-refractivity contribution >= 4 is 29.3 Å². The molecule has 0 atom stereocenters. The minimum Gasteiger partial charge on any atom is -0.497 e. The molecule has 2 aromatic rings. The Morgan fingerprint density at radius 1 is 1.12 bits per heavy atom. The standard InChI is InChI=1S/C19H20ClNO4/c1-4-25-18-8-6-14(20)12-16(18)21-19(22)10-5-13-11-15(23-2)7-9-17(13)24-3/h5-12H,4H2,1-3H3,(H,21,22). The van der Waals surface area contributed by atoms with Gasteiger partial charge in [0.25, 0.3) is 0 Å². The lowest BCUT2D eigenvalue weighted by Gasteiger charge is -2.11. The van der Waals surface area contributed by atoms with Gasteiger partial charge in [0.2, 0.25) is 5.91 Å². The summed E-state index contributed by atoms with van der Waals surface area (Å²) in [6, 6.07) is 10.4. The third-order valence-corrected chi connectivity index (χ3v) is 3.59. The molecule has 132 valence electrons. The summed E-state index contributed by atoms with van der Waals surface area (Å²) in [5.74, 6) is 1.57. The van der Waals surface area contributed by atoms with Gasteiger partial charge in [0.15, 0.2) is 0 Å². The largest absolute Gasteiger partial charge is 0.497 e. The first kappa shape index (κ1) is 18.7. The molecule has 6 heteroatoms. The van der Waals surface area contributed by atoms with Crippen molar-refractivity contribution < 1.29 is 19.0 Å². The van der Waals surface area contributed by atoms with E-state index in [1.807, 2.05) is 6.92 Å². The lowest BCUT2D eigenvalue weighted by Crippen LogP contribution is -2.09. The molecule has 0 saturated heterocycles. The van der Waals surface area contributed by atoms with E-state index in [4.69, 9.17) is 25.8 Å². The highest BCUT2D eigenvalue weighted by atomic mass is 35.5. The monoisotopic (exact) mass is 361 g/mol. The zero-order chi connectivity index (χ0) is 18.2. The van der Waals surface area contributed by atoms with E-state index in [9.17, 15) is 4.79 Å². The molecular weight excluding hydrogens is 342 g/mol. The first-order chi connectivity index (χ1) is 12.1. The van der Waals surface area contributed by atoms with Gasteiger partial charge in [-0.25, -0.2) is 0 Å². The summed E-state index contributed by atoms with van der Waals surface area (Å²) in [6.45, 7) is 2.36. The molecule has 5 nitrogen and oxygen atoms in total. The maximum atomic E-state index is 12.2. The van der Waals surface area contributed by atoms with E-state index in [1.54, 1.807) is 56.7 Å². The van der Waals surface area contributed by atoms with Crippen LogP contribution in [0.4, 0.5) is 5.69 Å². The van der Waals surface area contributed by atoms with Gasteiger partial charge in [-0.3, -0.25) is 4.79 Å². The fourth-order valence-corrected chi connectivity index (χ4v) is 2.36. The number of halogens is 1. The zero-order valence-corrected chi connectivity index (χ0v) is 15.1. The maximum absolute atomic E-state index is 12.2. The Morgan fingerprint density at radius 3 is 2.56 bits per heavy atom. The average molecular weight is 362 g/mol. The molecular formula is C19H20ClNO4. The van der Waals surface area contributed by atoms with E-state index >= 15 is 0 Å². The van der Waals surface area contributed by atoms with E-state index in [-0.39, 0.29) is 5.91 Å². The topological polar surface area (TPSA) is 56.8 Å². The number of carbonyl (C=O) groups is 1. The van der Waals surface area contributed by atoms with Crippen LogP contribution in [0.3, 0.4) is 0 Å². The van der Waals surface area contributed by atoms with Gasteiger partial charge in [0.1, 0.15) is 17.2 Å². The number of nitrogens with one attached hydrogen (secondary N) is 1. The van der Waals surface area contributed by atoms with Crippen molar-refractivity contribution in [1.82, 2.24) is 0 Å². The second-order valence-electron chi connectivity index (χ2n) is 5.00. The van der Waals surface area contributed by atoms with Gasteiger partial charge in [0.05, 0.1) is 26.5 Å². The fraction of sp³-hybridized carbons (Fsp3) is 0.211. The molecule has 0 aromatic heterocycles. The second kappa shape index (κ2) is 8.99. The van der Waals surface area contributed by atoms with Crippen molar-refractivity contribution in [2.75, 3.05) is 26.1 Å². The van der Waals surface area contributed by atoms with Crippen LogP contribution in [0, 0.1) is 0 Å². The SMILES string of the molecule is CCOc1ccc(Cl)cc1NC(=O)C=Cc1cc(OC)ccc1OC. The van der Waals surface area contributed by atoms with Gasteiger partial charge in [-0.1, -0.05) is 11.6 Å². The van der Waals surface area contributed by atoms with Crippen molar-refractivity contribution in [2.45, 2.75) is 6.92 Å². The van der Waals surface area contributed by atoms with E-state index < -0.39 is 0 Å². The number of methoxy groups -OCH3 is 2. The molecule has 0 aliphatic rings. The van der Waals surface area contributed by atoms with Crippen LogP contribution in [0.15, 0.2) is 42.5 Å². The maximum Gasteiger partial charge on any atom is 0.248 e. The summed E-state index contributed by atoms with van der Waals surface area (Å²) in [4.78, 5) is 12.2. The Balaban J connectivity index is 2.18. The summed E-state index contributed by atoms with van der Waals surface area (Å²) in [6.07, 6.45) is 3.06. The van der Waals surface area contributed by atoms with E-state index in [2.05, 4.69) is 5.32 Å². The van der Waals surface area contributed by atoms with Crippen molar-refractivity contribution in [3.05, 3.63) is 53.1 Å². The number of hydrogen-bond donors (Lipinski definition) is 1. The number of carbonyl (C=O) groups excluding carboxylic acids is 1. The first-order valence-electron chi connectivity index (χ1n) is 7.70. The molecule has 2 aromatic carbocycles. The Bertz CT molecular complexity index is 774. The van der Waals surface area contributed by atoms with Crippen LogP contribution in [-0.2, 0) is 4.79 Å². The summed E-state index contributed by atoms with van der Waals surface area (Å²) in [7, 11) is 3.15. The summed E-state index contributed by atoms with van der Waals surface area (Å²) >= 11 is 5.99. The van der Waals surface area contributed by atoms with Crippen molar-refractivity contribution in [2.24, 2.45) is 0 Å². The molecule has 0 radical (unpaired) electrons. The molecule has 0 saturated carbocycles. The van der Waals surface area contributed by atoms with Crippen LogP contribution in [0.5, 0.6) is 17.2 Å². The summed E-state index contributed by atoms with van der Waals surface area (Å²) < 4.78 is 16.0. The normalized spacial score (nSPS) is 10.6. The molecule has 0 fully saturated rings. The molecule has 1 amide bonds. The van der Waals surface area contributed by atoms with E-state index in [0.717, 1.165) is 5.56 Å². The molecule has 0 aliphatic carbocycles. The van der Waals surface area contributed by atoms with Crippen LogP contribution in [0.1, 0.15) is 12.5 Å². The van der Waals surface area contributed by atoms with Gasteiger partial charge >= 0.3 is 0 Å². The lowest BCUT2D eigenvalue weighted by atomic mass is 10.1. The zero-order valence-electron chi connectivity index (χ0n) is 14.3. The Kier molecular flexibility index (Phi) is 6.71. The number of hydrogen-bond acceptors (Lipinski definition) is 4. The van der Waals surface area contributed by atoms with Crippen LogP contribution < -0.4 is 19.5 Å². The highest BCUT2D eigenvalue weighted by Gasteiger charge is 2.08. The predicted octanol–water partition coefficient (Wildman–Crippen LogP) is 4.41. The van der Waals surface area contributed by atoms with Gasteiger partial charge in [-0.15, -0.1) is 0 Å². The third-order valence-electron chi connectivity index (χ3n) is 3.35. The first-order valence-corrected chi connectivity index (χ1v) is 8.08. The van der Waals surface area contributed by atoms with E-state index in [1.165, 1.54) is 6.08 Å². The van der Waals surface area contributed by atoms with Gasteiger partial charge in [0, 0.05) is 16.7 Å². The highest BCUT2D eigenvalue weighted by Crippen LogP contribution is 2.28. The number of amides is 1. The van der Waals surface area contributed by atoms with Crippen molar-refractivity contribution in [3.8, 4) is 17.2 Å². The Morgan fingerprint density at radius 2 is 1.88 bits per heavy atom. The smallest absolute Gasteiger partial charge is 0.248 e. The van der Waals surface area contributed by atoms with Crippen molar-refractivity contribution in [3.63, 3.8) is 0 Å². The number of benzene rings is 2. The summed E-state index contributed by atoms with van der Waals surface area (Å²) in [5, 5.41) is 3.28. The minimum absolute atomic E-state index is 0.312. The van der Waals surface area contributed by atoms with Crippen LogP contribution in [-0.4, -0.2) is 26.7 Å². The molecule has 0 aliphatic heterocycles. The van der Waals surface area contributed by atoms with Crippen LogP contribution in [0.25, 0.3) is 6.08 Å². The van der Waals surface area contributed by atoms with Gasteiger partial charge < -0.3 is 19.5 Å². The van der Waals surface area contributed by atoms with E-state index in [0.29, 0.717) is 34.6 Å². The number of rotatable bonds is 7.